The van der Waals surface area contributed by atoms with E-state index in [1.807, 2.05) is 24.3 Å². The molecule has 1 aliphatic rings. The van der Waals surface area contributed by atoms with E-state index < -0.39 is 0 Å². The van der Waals surface area contributed by atoms with Crippen molar-refractivity contribution >= 4 is 17.5 Å². The topological polar surface area (TPSA) is 49.9 Å². The SMILES string of the molecule is COc1ccc(N2C[C@@H](C(=O)N(C)C)CC2=O)cc1. The van der Waals surface area contributed by atoms with Crippen molar-refractivity contribution in [3.05, 3.63) is 24.3 Å². The number of rotatable bonds is 3. The molecule has 1 saturated heterocycles. The van der Waals surface area contributed by atoms with Crippen molar-refractivity contribution in [2.75, 3.05) is 32.6 Å². The van der Waals surface area contributed by atoms with Gasteiger partial charge in [-0.15, -0.1) is 0 Å². The monoisotopic (exact) mass is 262 g/mol. The van der Waals surface area contributed by atoms with Gasteiger partial charge >= 0.3 is 0 Å². The summed E-state index contributed by atoms with van der Waals surface area (Å²) >= 11 is 0. The van der Waals surface area contributed by atoms with Gasteiger partial charge in [-0.1, -0.05) is 0 Å². The molecule has 1 aromatic carbocycles. The predicted octanol–water partition coefficient (Wildman–Crippen LogP) is 1.14. The van der Waals surface area contributed by atoms with Crippen molar-refractivity contribution in [3.8, 4) is 5.75 Å². The summed E-state index contributed by atoms with van der Waals surface area (Å²) in [5.41, 5.74) is 0.805. The molecule has 0 aliphatic carbocycles. The van der Waals surface area contributed by atoms with E-state index in [0.29, 0.717) is 6.54 Å². The van der Waals surface area contributed by atoms with E-state index in [4.69, 9.17) is 4.74 Å². The zero-order valence-corrected chi connectivity index (χ0v) is 11.4. The quantitative estimate of drug-likeness (QED) is 0.820. The van der Waals surface area contributed by atoms with Gasteiger partial charge in [0.15, 0.2) is 0 Å². The maximum Gasteiger partial charge on any atom is 0.227 e. The average molecular weight is 262 g/mol. The van der Waals surface area contributed by atoms with Crippen LogP contribution in [0.3, 0.4) is 0 Å². The molecular weight excluding hydrogens is 244 g/mol. The van der Waals surface area contributed by atoms with Gasteiger partial charge in [-0.05, 0) is 24.3 Å². The molecule has 1 fully saturated rings. The molecule has 0 radical (unpaired) electrons. The summed E-state index contributed by atoms with van der Waals surface area (Å²) in [4.78, 5) is 27.1. The summed E-state index contributed by atoms with van der Waals surface area (Å²) in [7, 11) is 5.02. The number of benzene rings is 1. The minimum atomic E-state index is -0.246. The summed E-state index contributed by atoms with van der Waals surface area (Å²) in [5.74, 6) is 0.496. The van der Waals surface area contributed by atoms with Crippen LogP contribution in [0.4, 0.5) is 5.69 Å². The number of methoxy groups -OCH3 is 1. The third-order valence-corrected chi connectivity index (χ3v) is 3.30. The van der Waals surface area contributed by atoms with Gasteiger partial charge in [-0.2, -0.15) is 0 Å². The fourth-order valence-electron chi connectivity index (χ4n) is 2.25. The van der Waals surface area contributed by atoms with Crippen LogP contribution in [0.2, 0.25) is 0 Å². The Morgan fingerprint density at radius 1 is 1.32 bits per heavy atom. The molecule has 0 unspecified atom stereocenters. The smallest absolute Gasteiger partial charge is 0.227 e. The highest BCUT2D eigenvalue weighted by molar-refractivity contribution is 6.00. The molecule has 5 heteroatoms. The number of hydrogen-bond donors (Lipinski definition) is 0. The van der Waals surface area contributed by atoms with Gasteiger partial charge in [0.2, 0.25) is 11.8 Å². The summed E-state index contributed by atoms with van der Waals surface area (Å²) < 4.78 is 5.09. The van der Waals surface area contributed by atoms with Gasteiger partial charge in [0.25, 0.3) is 0 Å². The molecule has 2 amide bonds. The molecule has 1 aliphatic heterocycles. The van der Waals surface area contributed by atoms with Gasteiger partial charge < -0.3 is 14.5 Å². The lowest BCUT2D eigenvalue weighted by molar-refractivity contribution is -0.133. The molecular formula is C14H18N2O3. The molecule has 0 aromatic heterocycles. The van der Waals surface area contributed by atoms with Crippen molar-refractivity contribution in [2.24, 2.45) is 5.92 Å². The first-order chi connectivity index (χ1) is 9.02. The second-order valence-corrected chi connectivity index (χ2v) is 4.84. The number of anilines is 1. The van der Waals surface area contributed by atoms with Crippen LogP contribution in [-0.4, -0.2) is 44.5 Å². The minimum Gasteiger partial charge on any atom is -0.497 e. The summed E-state index contributed by atoms with van der Waals surface area (Å²) in [6, 6.07) is 7.28. The first-order valence-electron chi connectivity index (χ1n) is 6.18. The lowest BCUT2D eigenvalue weighted by Gasteiger charge is -2.18. The predicted molar refractivity (Wildman–Crippen MR) is 72.1 cm³/mol. The molecule has 1 atom stereocenters. The second-order valence-electron chi connectivity index (χ2n) is 4.84. The van der Waals surface area contributed by atoms with Crippen LogP contribution >= 0.6 is 0 Å². The van der Waals surface area contributed by atoms with E-state index in [1.54, 1.807) is 26.1 Å². The number of hydrogen-bond acceptors (Lipinski definition) is 3. The lowest BCUT2D eigenvalue weighted by atomic mass is 10.1. The number of carbonyl (C=O) groups is 2. The Kier molecular flexibility index (Phi) is 3.74. The average Bonchev–Trinajstić information content (AvgIpc) is 2.80. The van der Waals surface area contributed by atoms with E-state index in [1.165, 1.54) is 4.90 Å². The molecule has 0 spiro atoms. The highest BCUT2D eigenvalue weighted by Gasteiger charge is 2.35. The molecule has 0 saturated carbocycles. The molecule has 1 heterocycles. The van der Waals surface area contributed by atoms with Crippen LogP contribution in [0.5, 0.6) is 5.75 Å². The molecule has 19 heavy (non-hydrogen) atoms. The normalized spacial score (nSPS) is 18.6. The van der Waals surface area contributed by atoms with Crippen LogP contribution in [0.25, 0.3) is 0 Å². The van der Waals surface area contributed by atoms with Crippen LogP contribution in [0.15, 0.2) is 24.3 Å². The van der Waals surface area contributed by atoms with E-state index >= 15 is 0 Å². The summed E-state index contributed by atoms with van der Waals surface area (Å²) in [6.07, 6.45) is 0.281. The number of nitrogens with zero attached hydrogens (tertiary/aromatic N) is 2. The van der Waals surface area contributed by atoms with Gasteiger partial charge in [-0.25, -0.2) is 0 Å². The van der Waals surface area contributed by atoms with Crippen molar-refractivity contribution < 1.29 is 14.3 Å². The van der Waals surface area contributed by atoms with Crippen LogP contribution in [0.1, 0.15) is 6.42 Å². The Bertz CT molecular complexity index is 482. The van der Waals surface area contributed by atoms with Crippen LogP contribution in [-0.2, 0) is 9.59 Å². The first-order valence-corrected chi connectivity index (χ1v) is 6.18. The summed E-state index contributed by atoms with van der Waals surface area (Å²) in [6.45, 7) is 0.447. The molecule has 5 nitrogen and oxygen atoms in total. The van der Waals surface area contributed by atoms with E-state index in [2.05, 4.69) is 0 Å². The third kappa shape index (κ3) is 2.70. The Morgan fingerprint density at radius 3 is 2.47 bits per heavy atom. The highest BCUT2D eigenvalue weighted by atomic mass is 16.5. The number of ether oxygens (including phenoxy) is 1. The molecule has 102 valence electrons. The van der Waals surface area contributed by atoms with Gasteiger partial charge in [0.05, 0.1) is 13.0 Å². The van der Waals surface area contributed by atoms with Crippen molar-refractivity contribution in [1.29, 1.82) is 0 Å². The number of amides is 2. The zero-order chi connectivity index (χ0) is 14.0. The van der Waals surface area contributed by atoms with Crippen molar-refractivity contribution in [3.63, 3.8) is 0 Å². The lowest BCUT2D eigenvalue weighted by Crippen LogP contribution is -2.32. The molecule has 2 rings (SSSR count). The zero-order valence-electron chi connectivity index (χ0n) is 11.4. The number of carbonyl (C=O) groups excluding carboxylic acids is 2. The van der Waals surface area contributed by atoms with Crippen molar-refractivity contribution in [2.45, 2.75) is 6.42 Å². The largest absolute Gasteiger partial charge is 0.497 e. The fraction of sp³-hybridized carbons (Fsp3) is 0.429. The van der Waals surface area contributed by atoms with Gasteiger partial charge in [0.1, 0.15) is 5.75 Å². The van der Waals surface area contributed by atoms with Crippen LogP contribution in [0, 0.1) is 5.92 Å². The highest BCUT2D eigenvalue weighted by Crippen LogP contribution is 2.27. The molecule has 0 N–H and O–H groups in total. The van der Waals surface area contributed by atoms with Gasteiger partial charge in [-0.3, -0.25) is 9.59 Å². The second kappa shape index (κ2) is 5.30. The van der Waals surface area contributed by atoms with E-state index in [9.17, 15) is 9.59 Å². The van der Waals surface area contributed by atoms with E-state index in [0.717, 1.165) is 11.4 Å². The minimum absolute atomic E-state index is 0.00404. The van der Waals surface area contributed by atoms with E-state index in [-0.39, 0.29) is 24.2 Å². The first kappa shape index (κ1) is 13.4. The Morgan fingerprint density at radius 2 is 1.95 bits per heavy atom. The van der Waals surface area contributed by atoms with Crippen molar-refractivity contribution in [1.82, 2.24) is 4.90 Å². The maximum absolute atomic E-state index is 12.0. The standard InChI is InChI=1S/C14H18N2O3/c1-15(2)14(18)10-8-13(17)16(9-10)11-4-6-12(19-3)7-5-11/h4-7,10H,8-9H2,1-3H3/t10-/m0/s1. The Hall–Kier alpha value is -2.04. The Balaban J connectivity index is 2.13. The Labute approximate surface area is 112 Å². The maximum atomic E-state index is 12.0. The fourth-order valence-corrected chi connectivity index (χ4v) is 2.25. The molecule has 1 aromatic rings. The molecule has 0 bridgehead atoms. The third-order valence-electron chi connectivity index (χ3n) is 3.30. The van der Waals surface area contributed by atoms with Gasteiger partial charge in [0, 0.05) is 32.7 Å². The van der Waals surface area contributed by atoms with Crippen LogP contribution < -0.4 is 9.64 Å². The summed E-state index contributed by atoms with van der Waals surface area (Å²) in [5, 5.41) is 0.